The van der Waals surface area contributed by atoms with Gasteiger partial charge in [0.15, 0.2) is 0 Å². The van der Waals surface area contributed by atoms with Crippen molar-refractivity contribution >= 4 is 12.0 Å². The Balaban J connectivity index is 1.55. The summed E-state index contributed by atoms with van der Waals surface area (Å²) in [5, 5.41) is 9.94. The maximum Gasteiger partial charge on any atom is 0.338 e. The van der Waals surface area contributed by atoms with E-state index in [0.29, 0.717) is 30.1 Å². The second kappa shape index (κ2) is 9.52. The van der Waals surface area contributed by atoms with Crippen molar-refractivity contribution in [2.24, 2.45) is 0 Å². The second-order valence-electron chi connectivity index (χ2n) is 7.46. The number of para-hydroxylation sites is 1. The monoisotopic (exact) mass is 435 g/mol. The van der Waals surface area contributed by atoms with Crippen LogP contribution in [-0.4, -0.2) is 46.9 Å². The maximum atomic E-state index is 12.8. The Kier molecular flexibility index (Phi) is 6.37. The summed E-state index contributed by atoms with van der Waals surface area (Å²) in [7, 11) is 1.91. The molecule has 2 aromatic heterocycles. The summed E-state index contributed by atoms with van der Waals surface area (Å²) in [5.74, 6) is -0.0334. The quantitative estimate of drug-likeness (QED) is 0.528. The van der Waals surface area contributed by atoms with E-state index in [2.05, 4.69) is 15.7 Å². The summed E-state index contributed by atoms with van der Waals surface area (Å²) in [6, 6.07) is 12.1. The molecule has 4 rings (SSSR count). The van der Waals surface area contributed by atoms with Gasteiger partial charge in [-0.05, 0) is 38.2 Å². The van der Waals surface area contributed by atoms with Crippen molar-refractivity contribution in [2.45, 2.75) is 19.5 Å². The first kappa shape index (κ1) is 21.4. The van der Waals surface area contributed by atoms with Crippen molar-refractivity contribution in [3.05, 3.63) is 83.7 Å². The number of nitrogens with one attached hydrogen (secondary N) is 2. The second-order valence-corrected chi connectivity index (χ2v) is 7.46. The van der Waals surface area contributed by atoms with Gasteiger partial charge in [-0.15, -0.1) is 0 Å². The van der Waals surface area contributed by atoms with Gasteiger partial charge in [-0.3, -0.25) is 4.90 Å². The molecule has 1 atom stereocenters. The Labute approximate surface area is 185 Å². The number of hydrogen-bond acceptors (Lipinski definition) is 6. The number of likely N-dealkylation sites (N-methyl/N-ethyl adjacent to an activating group) is 1. The lowest BCUT2D eigenvalue weighted by Crippen LogP contribution is -2.48. The van der Waals surface area contributed by atoms with E-state index in [-0.39, 0.29) is 6.61 Å². The topological polar surface area (TPSA) is 102 Å². The van der Waals surface area contributed by atoms with Gasteiger partial charge in [0.25, 0.3) is 0 Å². The molecular formula is C23H25N5O4. The number of benzene rings is 1. The third-order valence-electron chi connectivity index (χ3n) is 5.01. The van der Waals surface area contributed by atoms with Crippen LogP contribution in [0, 0.1) is 0 Å². The molecular weight excluding hydrogens is 410 g/mol. The molecule has 3 heterocycles. The molecule has 0 radical (unpaired) electrons. The molecule has 0 aliphatic carbocycles. The number of rotatable bonds is 8. The number of ether oxygens (including phenoxy) is 1. The Hall–Kier alpha value is -3.85. The molecule has 0 fully saturated rings. The van der Waals surface area contributed by atoms with Gasteiger partial charge in [0.05, 0.1) is 30.3 Å². The SMILES string of the molecule is CCOC(=O)C1=C(CN(C)Cc2cnn(-c3ccccc3)c2)NC(=O)N[C@@H]1c1ccco1. The van der Waals surface area contributed by atoms with Crippen molar-refractivity contribution in [2.75, 3.05) is 20.2 Å². The first-order chi connectivity index (χ1) is 15.5. The van der Waals surface area contributed by atoms with Crippen LogP contribution in [0.2, 0.25) is 0 Å². The molecule has 0 spiro atoms. The fraction of sp³-hybridized carbons (Fsp3) is 0.261. The third-order valence-corrected chi connectivity index (χ3v) is 5.01. The normalized spacial score (nSPS) is 16.1. The van der Waals surface area contributed by atoms with Crippen molar-refractivity contribution < 1.29 is 18.7 Å². The van der Waals surface area contributed by atoms with Crippen molar-refractivity contribution in [3.8, 4) is 5.69 Å². The average molecular weight is 435 g/mol. The zero-order chi connectivity index (χ0) is 22.5. The Morgan fingerprint density at radius 1 is 1.22 bits per heavy atom. The summed E-state index contributed by atoms with van der Waals surface area (Å²) in [4.78, 5) is 27.1. The van der Waals surface area contributed by atoms with Crippen LogP contribution in [0.1, 0.15) is 24.3 Å². The fourth-order valence-electron chi connectivity index (χ4n) is 3.66. The minimum absolute atomic E-state index is 0.225. The third kappa shape index (κ3) is 4.73. The summed E-state index contributed by atoms with van der Waals surface area (Å²) in [6.07, 6.45) is 5.26. The molecule has 1 aliphatic rings. The molecule has 0 saturated heterocycles. The van der Waals surface area contributed by atoms with Crippen LogP contribution in [-0.2, 0) is 16.1 Å². The molecule has 32 heavy (non-hydrogen) atoms. The molecule has 9 nitrogen and oxygen atoms in total. The molecule has 0 unspecified atom stereocenters. The Morgan fingerprint density at radius 2 is 2.03 bits per heavy atom. The minimum Gasteiger partial charge on any atom is -0.467 e. The zero-order valence-corrected chi connectivity index (χ0v) is 17.9. The summed E-state index contributed by atoms with van der Waals surface area (Å²) in [5.41, 5.74) is 2.78. The molecule has 2 N–H and O–H groups in total. The summed E-state index contributed by atoms with van der Waals surface area (Å²) in [6.45, 7) is 2.87. The largest absolute Gasteiger partial charge is 0.467 e. The number of hydrogen-bond donors (Lipinski definition) is 2. The van der Waals surface area contributed by atoms with E-state index < -0.39 is 18.0 Å². The van der Waals surface area contributed by atoms with Crippen LogP contribution in [0.4, 0.5) is 4.79 Å². The zero-order valence-electron chi connectivity index (χ0n) is 17.9. The molecule has 0 saturated carbocycles. The van der Waals surface area contributed by atoms with Crippen LogP contribution in [0.15, 0.2) is 76.8 Å². The van der Waals surface area contributed by atoms with E-state index in [4.69, 9.17) is 9.15 Å². The standard InChI is InChI=1S/C23H25N5O4/c1-3-31-22(29)20-18(25-23(30)26-21(20)19-10-7-11-32-19)15-27(2)13-16-12-24-28(14-16)17-8-5-4-6-9-17/h4-12,14,21H,3,13,15H2,1-2H3,(H2,25,26,30)/t21-/m1/s1. The van der Waals surface area contributed by atoms with Crippen LogP contribution in [0.25, 0.3) is 5.69 Å². The lowest BCUT2D eigenvalue weighted by Gasteiger charge is -2.29. The van der Waals surface area contributed by atoms with Gasteiger partial charge >= 0.3 is 12.0 Å². The van der Waals surface area contributed by atoms with Crippen LogP contribution in [0.5, 0.6) is 0 Å². The number of amides is 2. The molecule has 2 amide bonds. The van der Waals surface area contributed by atoms with E-state index in [0.717, 1.165) is 11.3 Å². The highest BCUT2D eigenvalue weighted by molar-refractivity contribution is 5.95. The van der Waals surface area contributed by atoms with E-state index >= 15 is 0 Å². The average Bonchev–Trinajstić information content (AvgIpc) is 3.46. The highest BCUT2D eigenvalue weighted by atomic mass is 16.5. The van der Waals surface area contributed by atoms with Crippen LogP contribution < -0.4 is 10.6 Å². The molecule has 9 heteroatoms. The fourth-order valence-corrected chi connectivity index (χ4v) is 3.66. The van der Waals surface area contributed by atoms with Gasteiger partial charge in [0.1, 0.15) is 11.8 Å². The maximum absolute atomic E-state index is 12.8. The number of furan rings is 1. The van der Waals surface area contributed by atoms with Gasteiger partial charge in [-0.2, -0.15) is 5.10 Å². The highest BCUT2D eigenvalue weighted by Gasteiger charge is 2.35. The lowest BCUT2D eigenvalue weighted by molar-refractivity contribution is -0.139. The van der Waals surface area contributed by atoms with E-state index in [1.54, 1.807) is 25.3 Å². The molecule has 1 aromatic carbocycles. The Morgan fingerprint density at radius 3 is 2.75 bits per heavy atom. The number of esters is 1. The van der Waals surface area contributed by atoms with E-state index in [1.165, 1.54) is 6.26 Å². The molecule has 3 aromatic rings. The van der Waals surface area contributed by atoms with Gasteiger partial charge in [0.2, 0.25) is 0 Å². The Bertz CT molecular complexity index is 1100. The van der Waals surface area contributed by atoms with Gasteiger partial charge in [0, 0.05) is 30.5 Å². The summed E-state index contributed by atoms with van der Waals surface area (Å²) < 4.78 is 12.5. The van der Waals surface area contributed by atoms with Crippen LogP contribution in [0.3, 0.4) is 0 Å². The smallest absolute Gasteiger partial charge is 0.338 e. The first-order valence-corrected chi connectivity index (χ1v) is 10.3. The van der Waals surface area contributed by atoms with Gasteiger partial charge < -0.3 is 19.8 Å². The van der Waals surface area contributed by atoms with Gasteiger partial charge in [-0.25, -0.2) is 14.3 Å². The van der Waals surface area contributed by atoms with Gasteiger partial charge in [-0.1, -0.05) is 18.2 Å². The predicted octanol–water partition coefficient (Wildman–Crippen LogP) is 2.77. The van der Waals surface area contributed by atoms with E-state index in [9.17, 15) is 9.59 Å². The van der Waals surface area contributed by atoms with Crippen molar-refractivity contribution in [1.29, 1.82) is 0 Å². The number of aromatic nitrogens is 2. The lowest BCUT2D eigenvalue weighted by atomic mass is 10.00. The number of urea groups is 1. The molecule has 0 bridgehead atoms. The van der Waals surface area contributed by atoms with Crippen LogP contribution >= 0.6 is 0 Å². The minimum atomic E-state index is -0.720. The van der Waals surface area contributed by atoms with Crippen molar-refractivity contribution in [3.63, 3.8) is 0 Å². The number of nitrogens with zero attached hydrogens (tertiary/aromatic N) is 3. The first-order valence-electron chi connectivity index (χ1n) is 10.3. The summed E-state index contributed by atoms with van der Waals surface area (Å²) >= 11 is 0. The highest BCUT2D eigenvalue weighted by Crippen LogP contribution is 2.28. The predicted molar refractivity (Wildman–Crippen MR) is 117 cm³/mol. The van der Waals surface area contributed by atoms with Crippen molar-refractivity contribution in [1.82, 2.24) is 25.3 Å². The number of carbonyl (C=O) groups is 2. The van der Waals surface area contributed by atoms with E-state index in [1.807, 2.05) is 53.2 Å². The molecule has 1 aliphatic heterocycles. The molecule has 166 valence electrons. The number of carbonyl (C=O) groups excluding carboxylic acids is 2.